The Kier molecular flexibility index (Phi) is 6.97. The van der Waals surface area contributed by atoms with Gasteiger partial charge in [0, 0.05) is 0 Å². The van der Waals surface area contributed by atoms with E-state index in [-0.39, 0.29) is 11.1 Å². The first kappa shape index (κ1) is 16.0. The number of nitrogens with zero attached hydrogens (tertiary/aromatic N) is 1. The molecule has 0 aliphatic rings. The van der Waals surface area contributed by atoms with Gasteiger partial charge in [-0.15, -0.1) is 0 Å². The van der Waals surface area contributed by atoms with Crippen LogP contribution >= 0.6 is 12.2 Å². The molecule has 0 amide bonds. The van der Waals surface area contributed by atoms with Gasteiger partial charge in [0.05, 0.1) is 7.11 Å². The Hall–Kier alpha value is -0.953. The minimum atomic E-state index is -1.90. The molecule has 0 spiro atoms. The van der Waals surface area contributed by atoms with Crippen LogP contribution in [-0.4, -0.2) is 31.6 Å². The summed E-state index contributed by atoms with van der Waals surface area (Å²) in [5.74, 6) is -0.383. The average molecular weight is 275 g/mol. The predicted molar refractivity (Wildman–Crippen MR) is 76.6 cm³/mol. The molecule has 0 rings (SSSR count). The van der Waals surface area contributed by atoms with Crippen LogP contribution in [0.25, 0.3) is 0 Å². The van der Waals surface area contributed by atoms with E-state index < -0.39 is 8.07 Å². The van der Waals surface area contributed by atoms with Gasteiger partial charge >= 0.3 is 5.97 Å². The molecule has 0 saturated heterocycles. The summed E-state index contributed by atoms with van der Waals surface area (Å²) in [6.07, 6.45) is 0. The van der Waals surface area contributed by atoms with E-state index in [1.807, 2.05) is 0 Å². The zero-order valence-electron chi connectivity index (χ0n) is 10.9. The Morgan fingerprint density at radius 3 is 2.12 bits per heavy atom. The van der Waals surface area contributed by atoms with Gasteiger partial charge in [0.2, 0.25) is 0 Å². The molecule has 0 atom stereocenters. The summed E-state index contributed by atoms with van der Waals surface area (Å²) in [6, 6.07) is 2.81. The van der Waals surface area contributed by atoms with Crippen molar-refractivity contribution >= 4 is 36.7 Å². The molecule has 0 aliphatic heterocycles. The SMILES string of the molecule is CC[Si](CC)(CC)/C(=N/NC(N)=S)C(=O)OC. The Morgan fingerprint density at radius 2 is 1.82 bits per heavy atom. The summed E-state index contributed by atoms with van der Waals surface area (Å²) in [6.45, 7) is 6.25. The van der Waals surface area contributed by atoms with Crippen molar-refractivity contribution in [2.24, 2.45) is 10.8 Å². The summed E-state index contributed by atoms with van der Waals surface area (Å²) < 4.78 is 4.80. The first-order valence-electron chi connectivity index (χ1n) is 5.69. The lowest BCUT2D eigenvalue weighted by Crippen LogP contribution is -2.48. The molecule has 0 aromatic rings. The number of hydrogen-bond donors (Lipinski definition) is 2. The van der Waals surface area contributed by atoms with Gasteiger partial charge in [-0.2, -0.15) is 5.10 Å². The molecule has 5 nitrogen and oxygen atoms in total. The third kappa shape index (κ3) is 4.08. The highest BCUT2D eigenvalue weighted by Crippen LogP contribution is 2.22. The van der Waals surface area contributed by atoms with E-state index in [1.165, 1.54) is 7.11 Å². The summed E-state index contributed by atoms with van der Waals surface area (Å²) in [5, 5.41) is 4.61. The number of carbonyl (C=O) groups excluding carboxylic acids is 1. The van der Waals surface area contributed by atoms with Gasteiger partial charge in [-0.25, -0.2) is 4.79 Å². The van der Waals surface area contributed by atoms with Gasteiger partial charge in [0.1, 0.15) is 13.4 Å². The number of esters is 1. The van der Waals surface area contributed by atoms with Crippen molar-refractivity contribution in [2.45, 2.75) is 38.9 Å². The van der Waals surface area contributed by atoms with E-state index in [1.54, 1.807) is 0 Å². The van der Waals surface area contributed by atoms with Crippen molar-refractivity contribution in [2.75, 3.05) is 7.11 Å². The second-order valence-electron chi connectivity index (χ2n) is 3.77. The molecular weight excluding hydrogens is 254 g/mol. The molecule has 0 heterocycles. The number of nitrogens with one attached hydrogen (secondary N) is 1. The fraction of sp³-hybridized carbons (Fsp3) is 0.700. The lowest BCUT2D eigenvalue weighted by Gasteiger charge is -2.27. The van der Waals surface area contributed by atoms with E-state index in [2.05, 4.69) is 31.3 Å². The van der Waals surface area contributed by atoms with Crippen molar-refractivity contribution < 1.29 is 9.53 Å². The quantitative estimate of drug-likeness (QED) is 0.252. The monoisotopic (exact) mass is 275 g/mol. The highest BCUT2D eigenvalue weighted by atomic mass is 32.1. The number of rotatable bonds is 6. The van der Waals surface area contributed by atoms with Crippen LogP contribution in [-0.2, 0) is 9.53 Å². The number of nitrogens with two attached hydrogens (primary N) is 1. The molecule has 98 valence electrons. The number of carbonyl (C=O) groups is 1. The minimum Gasteiger partial charge on any atom is -0.465 e. The molecule has 0 aliphatic carbocycles. The molecule has 0 bridgehead atoms. The van der Waals surface area contributed by atoms with Crippen LogP contribution in [0.4, 0.5) is 0 Å². The number of hydrogen-bond acceptors (Lipinski definition) is 4. The highest BCUT2D eigenvalue weighted by molar-refractivity contribution is 7.80. The van der Waals surface area contributed by atoms with Gasteiger partial charge in [-0.1, -0.05) is 38.9 Å². The summed E-state index contributed by atoms with van der Waals surface area (Å²) in [7, 11) is -0.540. The van der Waals surface area contributed by atoms with E-state index in [4.69, 9.17) is 22.7 Å². The molecular formula is C10H21N3O2SSi. The number of methoxy groups -OCH3 is 1. The molecule has 0 saturated carbocycles. The second kappa shape index (κ2) is 7.39. The molecule has 0 fully saturated rings. The summed E-state index contributed by atoms with van der Waals surface area (Å²) in [4.78, 5) is 11.8. The average Bonchev–Trinajstić information content (AvgIpc) is 2.34. The molecule has 0 aromatic heterocycles. The van der Waals surface area contributed by atoms with Gasteiger partial charge in [-0.05, 0) is 12.2 Å². The minimum absolute atomic E-state index is 0.0533. The molecule has 0 unspecified atom stereocenters. The summed E-state index contributed by atoms with van der Waals surface area (Å²) in [5.41, 5.74) is 7.83. The van der Waals surface area contributed by atoms with E-state index in [0.29, 0.717) is 5.33 Å². The van der Waals surface area contributed by atoms with Crippen LogP contribution in [0.1, 0.15) is 20.8 Å². The van der Waals surface area contributed by atoms with Crippen LogP contribution in [0.15, 0.2) is 5.10 Å². The Balaban J connectivity index is 5.34. The molecule has 0 radical (unpaired) electrons. The molecule has 7 heteroatoms. The van der Waals surface area contributed by atoms with Crippen molar-refractivity contribution in [3.05, 3.63) is 0 Å². The largest absolute Gasteiger partial charge is 0.465 e. The third-order valence-corrected chi connectivity index (χ3v) is 8.66. The number of ether oxygens (including phenoxy) is 1. The van der Waals surface area contributed by atoms with Crippen LogP contribution < -0.4 is 11.2 Å². The maximum absolute atomic E-state index is 11.8. The normalized spacial score (nSPS) is 12.1. The zero-order chi connectivity index (χ0) is 13.5. The molecule has 3 N–H and O–H groups in total. The third-order valence-electron chi connectivity index (χ3n) is 3.19. The van der Waals surface area contributed by atoms with Crippen LogP contribution in [0, 0.1) is 0 Å². The first-order chi connectivity index (χ1) is 7.97. The smallest absolute Gasteiger partial charge is 0.349 e. The maximum Gasteiger partial charge on any atom is 0.349 e. The predicted octanol–water partition coefficient (Wildman–Crippen LogP) is 1.40. The van der Waals surface area contributed by atoms with Crippen molar-refractivity contribution in [3.63, 3.8) is 0 Å². The van der Waals surface area contributed by atoms with Crippen molar-refractivity contribution in [1.82, 2.24) is 5.43 Å². The first-order valence-corrected chi connectivity index (χ1v) is 8.72. The van der Waals surface area contributed by atoms with Crippen LogP contribution in [0.3, 0.4) is 0 Å². The van der Waals surface area contributed by atoms with E-state index in [9.17, 15) is 4.79 Å². The fourth-order valence-electron chi connectivity index (χ4n) is 1.84. The van der Waals surface area contributed by atoms with E-state index >= 15 is 0 Å². The lowest BCUT2D eigenvalue weighted by atomic mass is 10.7. The second-order valence-corrected chi connectivity index (χ2v) is 9.36. The molecule has 0 aromatic carbocycles. The van der Waals surface area contributed by atoms with E-state index in [0.717, 1.165) is 18.1 Å². The highest BCUT2D eigenvalue weighted by Gasteiger charge is 2.38. The van der Waals surface area contributed by atoms with Gasteiger partial charge in [0.15, 0.2) is 5.11 Å². The Labute approximate surface area is 109 Å². The van der Waals surface area contributed by atoms with Gasteiger partial charge in [0.25, 0.3) is 0 Å². The topological polar surface area (TPSA) is 76.7 Å². The number of thiocarbonyl (C=S) groups is 1. The maximum atomic E-state index is 11.8. The number of hydrazone groups is 1. The van der Waals surface area contributed by atoms with Crippen molar-refractivity contribution in [3.8, 4) is 0 Å². The lowest BCUT2D eigenvalue weighted by molar-refractivity contribution is -0.132. The van der Waals surface area contributed by atoms with Crippen LogP contribution in [0.2, 0.25) is 18.1 Å². The fourth-order valence-corrected chi connectivity index (χ4v) is 5.22. The summed E-state index contributed by atoms with van der Waals surface area (Å²) >= 11 is 4.69. The Morgan fingerprint density at radius 1 is 1.35 bits per heavy atom. The van der Waals surface area contributed by atoms with Crippen LogP contribution in [0.5, 0.6) is 0 Å². The Bertz CT molecular complexity index is 308. The van der Waals surface area contributed by atoms with Gasteiger partial charge in [-0.3, -0.25) is 5.43 Å². The van der Waals surface area contributed by atoms with Crippen molar-refractivity contribution in [1.29, 1.82) is 0 Å². The molecule has 17 heavy (non-hydrogen) atoms. The van der Waals surface area contributed by atoms with Gasteiger partial charge < -0.3 is 10.5 Å². The zero-order valence-corrected chi connectivity index (χ0v) is 12.7. The standard InChI is InChI=1S/C10H21N3O2SSi/c1-5-17(6-2,7-3)8(9(14)15-4)12-13-10(11)16/h5-7H2,1-4H3,(H3,11,13,16)/b12-8+.